The van der Waals surface area contributed by atoms with Crippen molar-refractivity contribution in [2.75, 3.05) is 10.5 Å². The molecule has 20 heavy (non-hydrogen) atoms. The van der Waals surface area contributed by atoms with Gasteiger partial charge in [0.15, 0.2) is 0 Å². The lowest BCUT2D eigenvalue weighted by atomic mass is 10.3. The van der Waals surface area contributed by atoms with E-state index >= 15 is 0 Å². The van der Waals surface area contributed by atoms with E-state index < -0.39 is 10.0 Å². The molecule has 2 rings (SSSR count). The zero-order chi connectivity index (χ0) is 15.1. The summed E-state index contributed by atoms with van der Waals surface area (Å²) in [6, 6.07) is 4.94. The first-order valence-corrected chi connectivity index (χ1v) is 9.92. The van der Waals surface area contributed by atoms with Crippen molar-refractivity contribution in [2.24, 2.45) is 0 Å². The first-order valence-electron chi connectivity index (χ1n) is 5.24. The summed E-state index contributed by atoms with van der Waals surface area (Å²) in [6.07, 6.45) is 0. The van der Waals surface area contributed by atoms with Gasteiger partial charge in [-0.3, -0.25) is 4.72 Å². The quantitative estimate of drug-likeness (QED) is 0.594. The SMILES string of the molecule is Cc1sc(Br)cc1S(=O)(=O)Nc1c(N)cc(Br)cc1Br. The topological polar surface area (TPSA) is 72.2 Å². The van der Waals surface area contributed by atoms with Crippen molar-refractivity contribution in [2.45, 2.75) is 11.8 Å². The number of hydrogen-bond acceptors (Lipinski definition) is 4. The molecule has 1 aromatic carbocycles. The number of thiophene rings is 1. The minimum atomic E-state index is -3.68. The van der Waals surface area contributed by atoms with Gasteiger partial charge < -0.3 is 5.73 Å². The summed E-state index contributed by atoms with van der Waals surface area (Å²) in [4.78, 5) is 0.944. The Bertz CT molecular complexity index is 749. The summed E-state index contributed by atoms with van der Waals surface area (Å²) in [6.45, 7) is 1.75. The molecule has 0 aliphatic carbocycles. The summed E-state index contributed by atoms with van der Waals surface area (Å²) < 4.78 is 29.4. The van der Waals surface area contributed by atoms with Crippen molar-refractivity contribution in [3.05, 3.63) is 35.8 Å². The van der Waals surface area contributed by atoms with Crippen molar-refractivity contribution in [3.8, 4) is 0 Å². The minimum absolute atomic E-state index is 0.239. The van der Waals surface area contributed by atoms with Crippen LogP contribution >= 0.6 is 59.1 Å². The lowest BCUT2D eigenvalue weighted by molar-refractivity contribution is 0.601. The molecule has 1 heterocycles. The van der Waals surface area contributed by atoms with E-state index in [0.29, 0.717) is 20.7 Å². The van der Waals surface area contributed by atoms with Crippen molar-refractivity contribution >= 4 is 80.5 Å². The van der Waals surface area contributed by atoms with Crippen molar-refractivity contribution in [1.29, 1.82) is 0 Å². The second-order valence-electron chi connectivity index (χ2n) is 3.93. The Labute approximate surface area is 146 Å². The van der Waals surface area contributed by atoms with Gasteiger partial charge in [0.2, 0.25) is 0 Å². The van der Waals surface area contributed by atoms with E-state index in [1.165, 1.54) is 11.3 Å². The highest BCUT2D eigenvalue weighted by Crippen LogP contribution is 2.36. The van der Waals surface area contributed by atoms with Crippen LogP contribution in [0.3, 0.4) is 0 Å². The molecule has 0 amide bonds. The summed E-state index contributed by atoms with van der Waals surface area (Å²) in [5.41, 5.74) is 6.52. The van der Waals surface area contributed by atoms with Gasteiger partial charge in [-0.1, -0.05) is 15.9 Å². The smallest absolute Gasteiger partial charge is 0.263 e. The number of aryl methyl sites for hydroxylation is 1. The van der Waals surface area contributed by atoms with Crippen LogP contribution in [-0.2, 0) is 10.0 Å². The molecule has 0 fully saturated rings. The third-order valence-corrected chi connectivity index (χ3v) is 6.70. The monoisotopic (exact) mass is 502 g/mol. The van der Waals surface area contributed by atoms with Crippen molar-refractivity contribution in [1.82, 2.24) is 0 Å². The number of nitrogens with two attached hydrogens (primary N) is 1. The first kappa shape index (κ1) is 16.3. The van der Waals surface area contributed by atoms with Crippen molar-refractivity contribution in [3.63, 3.8) is 0 Å². The summed E-state index contributed by atoms with van der Waals surface area (Å²) in [5.74, 6) is 0. The highest BCUT2D eigenvalue weighted by Gasteiger charge is 2.21. The second-order valence-corrected chi connectivity index (χ2v) is 9.98. The fourth-order valence-electron chi connectivity index (χ4n) is 1.59. The highest BCUT2D eigenvalue weighted by molar-refractivity contribution is 9.11. The lowest BCUT2D eigenvalue weighted by Crippen LogP contribution is -2.14. The maximum absolute atomic E-state index is 12.4. The molecule has 2 aromatic rings. The van der Waals surface area contributed by atoms with E-state index in [1.54, 1.807) is 25.1 Å². The molecular weight excluding hydrogens is 496 g/mol. The third kappa shape index (κ3) is 3.38. The van der Waals surface area contributed by atoms with Crippen LogP contribution in [0.15, 0.2) is 35.8 Å². The third-order valence-electron chi connectivity index (χ3n) is 2.45. The second kappa shape index (κ2) is 5.96. The number of rotatable bonds is 3. The van der Waals surface area contributed by atoms with Gasteiger partial charge in [-0.15, -0.1) is 11.3 Å². The minimum Gasteiger partial charge on any atom is -0.397 e. The molecule has 3 N–H and O–H groups in total. The fourth-order valence-corrected chi connectivity index (χ4v) is 6.60. The largest absolute Gasteiger partial charge is 0.397 e. The van der Waals surface area contributed by atoms with Crippen LogP contribution < -0.4 is 10.5 Å². The van der Waals surface area contributed by atoms with Gasteiger partial charge >= 0.3 is 0 Å². The Morgan fingerprint density at radius 1 is 1.20 bits per heavy atom. The van der Waals surface area contributed by atoms with Gasteiger partial charge in [0.1, 0.15) is 4.90 Å². The van der Waals surface area contributed by atoms with Crippen molar-refractivity contribution < 1.29 is 8.42 Å². The molecule has 0 saturated carbocycles. The van der Waals surface area contributed by atoms with Crippen LogP contribution in [0.5, 0.6) is 0 Å². The van der Waals surface area contributed by atoms with Gasteiger partial charge in [0.05, 0.1) is 15.2 Å². The molecule has 0 radical (unpaired) electrons. The van der Waals surface area contributed by atoms with Gasteiger partial charge in [-0.25, -0.2) is 8.42 Å². The molecule has 0 bridgehead atoms. The van der Waals surface area contributed by atoms with Gasteiger partial charge in [0, 0.05) is 13.8 Å². The number of nitrogens with one attached hydrogen (secondary N) is 1. The highest BCUT2D eigenvalue weighted by atomic mass is 79.9. The number of sulfonamides is 1. The van der Waals surface area contributed by atoms with E-state index in [9.17, 15) is 8.42 Å². The molecule has 0 atom stereocenters. The molecule has 108 valence electrons. The average molecular weight is 505 g/mol. The van der Waals surface area contributed by atoms with Gasteiger partial charge in [0.25, 0.3) is 10.0 Å². The Morgan fingerprint density at radius 3 is 2.35 bits per heavy atom. The lowest BCUT2D eigenvalue weighted by Gasteiger charge is -2.12. The Balaban J connectivity index is 2.46. The maximum Gasteiger partial charge on any atom is 0.263 e. The molecular formula is C11H9Br3N2O2S2. The summed E-state index contributed by atoms with van der Waals surface area (Å²) in [5, 5.41) is 0. The zero-order valence-corrected chi connectivity index (χ0v) is 16.5. The standard InChI is InChI=1S/C11H9Br3N2O2S2/c1-5-9(4-10(14)19-5)20(17,18)16-11-7(13)2-6(12)3-8(11)15/h2-4,16H,15H2,1H3. The first-order chi connectivity index (χ1) is 9.20. The van der Waals surface area contributed by atoms with E-state index in [2.05, 4.69) is 52.5 Å². The number of anilines is 2. The Kier molecular flexibility index (Phi) is 4.85. The molecule has 0 spiro atoms. The molecule has 1 aromatic heterocycles. The summed E-state index contributed by atoms with van der Waals surface area (Å²) >= 11 is 11.2. The van der Waals surface area contributed by atoms with E-state index in [0.717, 1.165) is 8.26 Å². The number of hydrogen-bond donors (Lipinski definition) is 2. The predicted octanol–water partition coefficient (Wildman–Crippen LogP) is 4.73. The molecule has 0 unspecified atom stereocenters. The Morgan fingerprint density at radius 2 is 1.85 bits per heavy atom. The van der Waals surface area contributed by atoms with Gasteiger partial charge in [-0.2, -0.15) is 0 Å². The number of benzene rings is 1. The predicted molar refractivity (Wildman–Crippen MR) is 93.8 cm³/mol. The van der Waals surface area contributed by atoms with Crippen LogP contribution in [0.4, 0.5) is 11.4 Å². The van der Waals surface area contributed by atoms with E-state index in [1.807, 2.05) is 0 Å². The number of halogens is 3. The molecule has 0 saturated heterocycles. The van der Waals surface area contributed by atoms with Crippen LogP contribution in [0.25, 0.3) is 0 Å². The van der Waals surface area contributed by atoms with E-state index in [-0.39, 0.29) is 4.90 Å². The molecule has 0 aliphatic heterocycles. The van der Waals surface area contributed by atoms with E-state index in [4.69, 9.17) is 5.73 Å². The van der Waals surface area contributed by atoms with Crippen LogP contribution in [0, 0.1) is 6.92 Å². The summed E-state index contributed by atoms with van der Waals surface area (Å²) in [7, 11) is -3.68. The normalized spacial score (nSPS) is 11.6. The molecule has 9 heteroatoms. The molecule has 0 aliphatic rings. The zero-order valence-electron chi connectivity index (χ0n) is 10.1. The molecule has 4 nitrogen and oxygen atoms in total. The fraction of sp³-hybridized carbons (Fsp3) is 0.0909. The van der Waals surface area contributed by atoms with Gasteiger partial charge in [-0.05, 0) is 57.0 Å². The average Bonchev–Trinajstić information content (AvgIpc) is 2.64. The van der Waals surface area contributed by atoms with Crippen LogP contribution in [0.1, 0.15) is 4.88 Å². The van der Waals surface area contributed by atoms with Crippen LogP contribution in [0.2, 0.25) is 0 Å². The van der Waals surface area contributed by atoms with Crippen LogP contribution in [-0.4, -0.2) is 8.42 Å². The Hall–Kier alpha value is -0.0900. The number of nitrogen functional groups attached to an aromatic ring is 1. The maximum atomic E-state index is 12.4.